The predicted molar refractivity (Wildman–Crippen MR) is 57.7 cm³/mol. The highest BCUT2D eigenvalue weighted by Crippen LogP contribution is 2.18. The van der Waals surface area contributed by atoms with Gasteiger partial charge in [-0.3, -0.25) is 0 Å². The van der Waals surface area contributed by atoms with Crippen molar-refractivity contribution in [2.45, 2.75) is 25.4 Å². The Morgan fingerprint density at radius 1 is 1.71 bits per heavy atom. The minimum absolute atomic E-state index is 0.0870. The number of thiazole rings is 1. The number of nitrogens with zero attached hydrogens (tertiary/aromatic N) is 1. The fraction of sp³-hybridized carbons (Fsp3) is 0.667. The molecule has 0 bridgehead atoms. The van der Waals surface area contributed by atoms with Gasteiger partial charge in [0.05, 0.1) is 31.0 Å². The molecule has 14 heavy (non-hydrogen) atoms. The van der Waals surface area contributed by atoms with Crippen LogP contribution in [0.25, 0.3) is 0 Å². The van der Waals surface area contributed by atoms with Crippen molar-refractivity contribution in [2.24, 2.45) is 5.73 Å². The molecule has 1 fully saturated rings. The van der Waals surface area contributed by atoms with E-state index in [2.05, 4.69) is 22.6 Å². The monoisotopic (exact) mass is 213 g/mol. The van der Waals surface area contributed by atoms with Gasteiger partial charge >= 0.3 is 0 Å². The molecule has 2 unspecified atom stereocenters. The number of hydrogen-bond donors (Lipinski definition) is 2. The second-order valence-electron chi connectivity index (χ2n) is 3.45. The Kier molecular flexibility index (Phi) is 3.00. The summed E-state index contributed by atoms with van der Waals surface area (Å²) in [6, 6.07) is 0.301. The first-order valence-electron chi connectivity index (χ1n) is 4.84. The second-order valence-corrected chi connectivity index (χ2v) is 4.31. The van der Waals surface area contributed by atoms with E-state index >= 15 is 0 Å². The van der Waals surface area contributed by atoms with E-state index in [0.29, 0.717) is 13.2 Å². The molecule has 0 amide bonds. The van der Waals surface area contributed by atoms with Crippen molar-refractivity contribution < 1.29 is 4.74 Å². The highest BCUT2D eigenvalue weighted by atomic mass is 32.1. The third-order valence-electron chi connectivity index (χ3n) is 2.35. The van der Waals surface area contributed by atoms with Crippen LogP contribution in [0.15, 0.2) is 5.38 Å². The number of rotatable bonds is 3. The van der Waals surface area contributed by atoms with E-state index in [9.17, 15) is 0 Å². The van der Waals surface area contributed by atoms with Gasteiger partial charge in [-0.15, -0.1) is 11.3 Å². The van der Waals surface area contributed by atoms with Gasteiger partial charge in [0, 0.05) is 5.38 Å². The van der Waals surface area contributed by atoms with Gasteiger partial charge < -0.3 is 15.8 Å². The van der Waals surface area contributed by atoms with E-state index in [1.165, 1.54) is 0 Å². The molecule has 1 aliphatic heterocycles. The number of ether oxygens (including phenoxy) is 1. The van der Waals surface area contributed by atoms with Crippen LogP contribution in [0.2, 0.25) is 0 Å². The second kappa shape index (κ2) is 4.25. The largest absolute Gasteiger partial charge is 0.378 e. The Bertz CT molecular complexity index is 302. The molecule has 1 aromatic rings. The molecule has 1 aliphatic rings. The van der Waals surface area contributed by atoms with Crippen molar-refractivity contribution in [1.82, 2.24) is 4.98 Å². The van der Waals surface area contributed by atoms with Crippen LogP contribution in [0.3, 0.4) is 0 Å². The van der Waals surface area contributed by atoms with Crippen LogP contribution in [0, 0.1) is 0 Å². The number of hydrogen-bond acceptors (Lipinski definition) is 5. The Labute approximate surface area is 87.5 Å². The molecule has 0 spiro atoms. The molecule has 1 aromatic heterocycles. The normalized spacial score (nSPS) is 26.7. The summed E-state index contributed by atoms with van der Waals surface area (Å²) in [5, 5.41) is 6.33. The molecule has 2 heterocycles. The average molecular weight is 213 g/mol. The Balaban J connectivity index is 1.96. The standard InChI is InChI=1S/C9H15N3OS/c1-2-6-5-14-9(11-6)12-8-4-13-3-7(8)10/h5,7-8H,2-4,10H2,1H3,(H,11,12). The van der Waals surface area contributed by atoms with Gasteiger partial charge in [0.1, 0.15) is 0 Å². The van der Waals surface area contributed by atoms with Crippen LogP contribution >= 0.6 is 11.3 Å². The van der Waals surface area contributed by atoms with E-state index in [1.807, 2.05) is 0 Å². The molecule has 1 saturated heterocycles. The smallest absolute Gasteiger partial charge is 0.183 e. The quantitative estimate of drug-likeness (QED) is 0.781. The molecule has 0 radical (unpaired) electrons. The molecular formula is C9H15N3OS. The van der Waals surface area contributed by atoms with E-state index < -0.39 is 0 Å². The summed E-state index contributed by atoms with van der Waals surface area (Å²) in [5.74, 6) is 0. The van der Waals surface area contributed by atoms with Gasteiger partial charge in [-0.05, 0) is 6.42 Å². The number of nitrogens with one attached hydrogen (secondary N) is 1. The van der Waals surface area contributed by atoms with E-state index in [4.69, 9.17) is 10.5 Å². The van der Waals surface area contributed by atoms with Crippen molar-refractivity contribution in [3.05, 3.63) is 11.1 Å². The molecule has 2 atom stereocenters. The van der Waals surface area contributed by atoms with Crippen LogP contribution in [-0.4, -0.2) is 30.3 Å². The van der Waals surface area contributed by atoms with Crippen LogP contribution in [-0.2, 0) is 11.2 Å². The van der Waals surface area contributed by atoms with Gasteiger partial charge in [0.25, 0.3) is 0 Å². The third-order valence-corrected chi connectivity index (χ3v) is 3.17. The number of anilines is 1. The van der Waals surface area contributed by atoms with Crippen LogP contribution in [0.1, 0.15) is 12.6 Å². The van der Waals surface area contributed by atoms with Crippen molar-refractivity contribution in [3.8, 4) is 0 Å². The van der Waals surface area contributed by atoms with Crippen LogP contribution in [0.4, 0.5) is 5.13 Å². The molecule has 3 N–H and O–H groups in total. The number of aryl methyl sites for hydroxylation is 1. The fourth-order valence-electron chi connectivity index (χ4n) is 1.41. The van der Waals surface area contributed by atoms with Crippen LogP contribution < -0.4 is 11.1 Å². The van der Waals surface area contributed by atoms with Crippen molar-refractivity contribution in [3.63, 3.8) is 0 Å². The summed E-state index contributed by atoms with van der Waals surface area (Å²) >= 11 is 1.63. The zero-order valence-electron chi connectivity index (χ0n) is 8.19. The maximum absolute atomic E-state index is 5.86. The van der Waals surface area contributed by atoms with Crippen molar-refractivity contribution in [1.29, 1.82) is 0 Å². The summed E-state index contributed by atoms with van der Waals surface area (Å²) in [5.41, 5.74) is 6.99. The molecule has 0 aromatic carbocycles. The lowest BCUT2D eigenvalue weighted by Crippen LogP contribution is -2.38. The minimum atomic E-state index is 0.0870. The Morgan fingerprint density at radius 2 is 2.57 bits per heavy atom. The maximum Gasteiger partial charge on any atom is 0.183 e. The fourth-order valence-corrected chi connectivity index (χ4v) is 2.27. The van der Waals surface area contributed by atoms with E-state index in [-0.39, 0.29) is 12.1 Å². The van der Waals surface area contributed by atoms with Crippen LogP contribution in [0.5, 0.6) is 0 Å². The lowest BCUT2D eigenvalue weighted by molar-refractivity contribution is 0.192. The van der Waals surface area contributed by atoms with E-state index in [0.717, 1.165) is 17.2 Å². The van der Waals surface area contributed by atoms with Gasteiger partial charge in [-0.25, -0.2) is 4.98 Å². The first kappa shape index (κ1) is 9.89. The predicted octanol–water partition coefficient (Wildman–Crippen LogP) is 0.843. The van der Waals surface area contributed by atoms with Gasteiger partial charge in [0.15, 0.2) is 5.13 Å². The molecule has 78 valence electrons. The summed E-state index contributed by atoms with van der Waals surface area (Å²) in [6.45, 7) is 3.43. The lowest BCUT2D eigenvalue weighted by atomic mass is 10.2. The average Bonchev–Trinajstić information content (AvgIpc) is 2.77. The van der Waals surface area contributed by atoms with Gasteiger partial charge in [0.2, 0.25) is 0 Å². The van der Waals surface area contributed by atoms with Gasteiger partial charge in [-0.2, -0.15) is 0 Å². The summed E-state index contributed by atoms with van der Waals surface area (Å²) in [4.78, 5) is 4.42. The zero-order valence-corrected chi connectivity index (χ0v) is 9.01. The Hall–Kier alpha value is -0.650. The summed E-state index contributed by atoms with van der Waals surface area (Å²) < 4.78 is 5.26. The topological polar surface area (TPSA) is 60.2 Å². The summed E-state index contributed by atoms with van der Waals surface area (Å²) in [7, 11) is 0. The number of aromatic nitrogens is 1. The molecule has 4 nitrogen and oxygen atoms in total. The minimum Gasteiger partial charge on any atom is -0.378 e. The Morgan fingerprint density at radius 3 is 3.14 bits per heavy atom. The first-order valence-corrected chi connectivity index (χ1v) is 5.72. The van der Waals surface area contributed by atoms with Gasteiger partial charge in [-0.1, -0.05) is 6.92 Å². The SMILES string of the molecule is CCc1csc(NC2COCC2N)n1. The molecule has 2 rings (SSSR count). The zero-order chi connectivity index (χ0) is 9.97. The highest BCUT2D eigenvalue weighted by molar-refractivity contribution is 7.13. The number of nitrogens with two attached hydrogens (primary N) is 1. The van der Waals surface area contributed by atoms with Crippen molar-refractivity contribution >= 4 is 16.5 Å². The molecule has 0 aliphatic carbocycles. The maximum atomic E-state index is 5.86. The molecule has 5 heteroatoms. The van der Waals surface area contributed by atoms with Crippen molar-refractivity contribution in [2.75, 3.05) is 18.5 Å². The third kappa shape index (κ3) is 2.05. The lowest BCUT2D eigenvalue weighted by Gasteiger charge is -2.13. The molecule has 0 saturated carbocycles. The highest BCUT2D eigenvalue weighted by Gasteiger charge is 2.25. The molecular weight excluding hydrogens is 198 g/mol. The first-order chi connectivity index (χ1) is 6.79. The van der Waals surface area contributed by atoms with E-state index in [1.54, 1.807) is 11.3 Å². The summed E-state index contributed by atoms with van der Waals surface area (Å²) in [6.07, 6.45) is 0.978.